The van der Waals surface area contributed by atoms with Crippen molar-refractivity contribution in [2.24, 2.45) is 0 Å². The number of aromatic nitrogens is 2. The highest BCUT2D eigenvalue weighted by atomic mass is 16.5. The van der Waals surface area contributed by atoms with Gasteiger partial charge < -0.3 is 14.6 Å². The molecule has 4 heteroatoms. The van der Waals surface area contributed by atoms with Gasteiger partial charge in [0.1, 0.15) is 5.82 Å². The SMILES string of the molecule is CCOCc1nc(-c2ccccc2)n2c1CNCCC2. The highest BCUT2D eigenvalue weighted by molar-refractivity contribution is 5.57. The Labute approximate surface area is 119 Å². The van der Waals surface area contributed by atoms with Crippen LogP contribution in [0.3, 0.4) is 0 Å². The number of fused-ring (bicyclic) bond motifs is 1. The second-order valence-electron chi connectivity index (χ2n) is 5.01. The summed E-state index contributed by atoms with van der Waals surface area (Å²) < 4.78 is 7.92. The molecular weight excluding hydrogens is 250 g/mol. The average Bonchev–Trinajstić information content (AvgIpc) is 2.68. The van der Waals surface area contributed by atoms with Crippen LogP contribution in [0.25, 0.3) is 11.4 Å². The summed E-state index contributed by atoms with van der Waals surface area (Å²) in [6.07, 6.45) is 1.14. The lowest BCUT2D eigenvalue weighted by Crippen LogP contribution is -2.13. The largest absolute Gasteiger partial charge is 0.375 e. The van der Waals surface area contributed by atoms with Crippen LogP contribution in [0.4, 0.5) is 0 Å². The van der Waals surface area contributed by atoms with E-state index in [0.29, 0.717) is 6.61 Å². The monoisotopic (exact) mass is 271 g/mol. The van der Waals surface area contributed by atoms with Crippen molar-refractivity contribution >= 4 is 0 Å². The maximum absolute atomic E-state index is 5.57. The standard InChI is InChI=1S/C16H21N3O/c1-2-20-12-14-15-11-17-9-6-10-19(15)16(18-14)13-7-4-3-5-8-13/h3-5,7-8,17H,2,6,9-12H2,1H3. The minimum absolute atomic E-state index is 0.598. The highest BCUT2D eigenvalue weighted by Crippen LogP contribution is 2.24. The first-order chi connectivity index (χ1) is 9.90. The molecule has 0 fully saturated rings. The Morgan fingerprint density at radius 2 is 2.15 bits per heavy atom. The summed E-state index contributed by atoms with van der Waals surface area (Å²) >= 11 is 0. The van der Waals surface area contributed by atoms with Gasteiger partial charge in [-0.05, 0) is 19.9 Å². The molecule has 0 atom stereocenters. The number of hydrogen-bond donors (Lipinski definition) is 1. The maximum Gasteiger partial charge on any atom is 0.140 e. The molecule has 1 aromatic heterocycles. The lowest BCUT2D eigenvalue weighted by molar-refractivity contribution is 0.131. The van der Waals surface area contributed by atoms with E-state index in [2.05, 4.69) is 34.1 Å². The lowest BCUT2D eigenvalue weighted by atomic mass is 10.2. The summed E-state index contributed by atoms with van der Waals surface area (Å²) in [5.74, 6) is 1.07. The summed E-state index contributed by atoms with van der Waals surface area (Å²) in [4.78, 5) is 4.84. The van der Waals surface area contributed by atoms with E-state index in [1.165, 1.54) is 11.3 Å². The van der Waals surface area contributed by atoms with Crippen LogP contribution in [-0.2, 0) is 24.4 Å². The average molecular weight is 271 g/mol. The van der Waals surface area contributed by atoms with Crippen molar-refractivity contribution in [3.8, 4) is 11.4 Å². The summed E-state index contributed by atoms with van der Waals surface area (Å²) in [6.45, 7) is 6.30. The number of rotatable bonds is 4. The third-order valence-electron chi connectivity index (χ3n) is 3.66. The molecule has 0 saturated heterocycles. The van der Waals surface area contributed by atoms with E-state index >= 15 is 0 Å². The van der Waals surface area contributed by atoms with Crippen molar-refractivity contribution in [2.75, 3.05) is 13.2 Å². The molecule has 3 rings (SSSR count). The van der Waals surface area contributed by atoms with Gasteiger partial charge in [0, 0.05) is 25.3 Å². The third kappa shape index (κ3) is 2.62. The van der Waals surface area contributed by atoms with Crippen molar-refractivity contribution in [1.82, 2.24) is 14.9 Å². The van der Waals surface area contributed by atoms with E-state index in [9.17, 15) is 0 Å². The van der Waals surface area contributed by atoms with Gasteiger partial charge in [0.25, 0.3) is 0 Å². The highest BCUT2D eigenvalue weighted by Gasteiger charge is 2.19. The Morgan fingerprint density at radius 1 is 1.30 bits per heavy atom. The molecule has 1 aliphatic rings. The molecular formula is C16H21N3O. The van der Waals surface area contributed by atoms with Gasteiger partial charge in [0.2, 0.25) is 0 Å². The van der Waals surface area contributed by atoms with Gasteiger partial charge >= 0.3 is 0 Å². The van der Waals surface area contributed by atoms with E-state index in [1.807, 2.05) is 13.0 Å². The molecule has 0 bridgehead atoms. The summed E-state index contributed by atoms with van der Waals surface area (Å²) in [5, 5.41) is 3.47. The molecule has 0 saturated carbocycles. The normalized spacial score (nSPS) is 14.8. The molecule has 0 amide bonds. The molecule has 0 aliphatic carbocycles. The van der Waals surface area contributed by atoms with E-state index in [-0.39, 0.29) is 0 Å². The molecule has 106 valence electrons. The van der Waals surface area contributed by atoms with Gasteiger partial charge in [-0.2, -0.15) is 0 Å². The first-order valence-electron chi connectivity index (χ1n) is 7.32. The number of imidazole rings is 1. The quantitative estimate of drug-likeness (QED) is 0.929. The van der Waals surface area contributed by atoms with Crippen LogP contribution in [0.5, 0.6) is 0 Å². The lowest BCUT2D eigenvalue weighted by Gasteiger charge is -2.08. The zero-order valence-corrected chi connectivity index (χ0v) is 11.9. The smallest absolute Gasteiger partial charge is 0.140 e. The molecule has 20 heavy (non-hydrogen) atoms. The van der Waals surface area contributed by atoms with Crippen molar-refractivity contribution in [3.05, 3.63) is 41.7 Å². The van der Waals surface area contributed by atoms with Gasteiger partial charge in [-0.3, -0.25) is 0 Å². The molecule has 0 unspecified atom stereocenters. The van der Waals surface area contributed by atoms with Crippen molar-refractivity contribution in [3.63, 3.8) is 0 Å². The van der Waals surface area contributed by atoms with Gasteiger partial charge in [-0.1, -0.05) is 30.3 Å². The van der Waals surface area contributed by atoms with Gasteiger partial charge in [0.05, 0.1) is 18.0 Å². The molecule has 2 heterocycles. The van der Waals surface area contributed by atoms with Crippen LogP contribution in [0.1, 0.15) is 24.7 Å². The summed E-state index contributed by atoms with van der Waals surface area (Å²) in [7, 11) is 0. The zero-order chi connectivity index (χ0) is 13.8. The van der Waals surface area contributed by atoms with Crippen LogP contribution in [-0.4, -0.2) is 22.7 Å². The number of hydrogen-bond acceptors (Lipinski definition) is 3. The van der Waals surface area contributed by atoms with Crippen LogP contribution < -0.4 is 5.32 Å². The fraction of sp³-hybridized carbons (Fsp3) is 0.438. The molecule has 4 nitrogen and oxygen atoms in total. The Bertz CT molecular complexity index is 563. The predicted octanol–water partition coefficient (Wildman–Crippen LogP) is 2.58. The first kappa shape index (κ1) is 13.3. The Hall–Kier alpha value is -1.65. The van der Waals surface area contributed by atoms with E-state index in [0.717, 1.165) is 44.2 Å². The number of nitrogens with zero attached hydrogens (tertiary/aromatic N) is 2. The van der Waals surface area contributed by atoms with Gasteiger partial charge in [-0.25, -0.2) is 4.98 Å². The predicted molar refractivity (Wildman–Crippen MR) is 79.3 cm³/mol. The molecule has 0 radical (unpaired) electrons. The Kier molecular flexibility index (Phi) is 4.14. The molecule has 0 spiro atoms. The third-order valence-corrected chi connectivity index (χ3v) is 3.66. The second kappa shape index (κ2) is 6.20. The Morgan fingerprint density at radius 3 is 2.95 bits per heavy atom. The molecule has 1 N–H and O–H groups in total. The van der Waals surface area contributed by atoms with Crippen LogP contribution in [0, 0.1) is 0 Å². The van der Waals surface area contributed by atoms with Gasteiger partial charge in [-0.15, -0.1) is 0 Å². The van der Waals surface area contributed by atoms with E-state index in [4.69, 9.17) is 9.72 Å². The summed E-state index contributed by atoms with van der Waals surface area (Å²) in [6, 6.07) is 10.4. The topological polar surface area (TPSA) is 39.1 Å². The number of benzene rings is 1. The zero-order valence-electron chi connectivity index (χ0n) is 11.9. The van der Waals surface area contributed by atoms with E-state index in [1.54, 1.807) is 0 Å². The minimum Gasteiger partial charge on any atom is -0.375 e. The molecule has 2 aromatic rings. The molecule has 1 aromatic carbocycles. The number of ether oxygens (including phenoxy) is 1. The first-order valence-corrected chi connectivity index (χ1v) is 7.32. The maximum atomic E-state index is 5.57. The van der Waals surface area contributed by atoms with Gasteiger partial charge in [0.15, 0.2) is 0 Å². The Balaban J connectivity index is 2.03. The van der Waals surface area contributed by atoms with E-state index < -0.39 is 0 Å². The number of nitrogens with one attached hydrogen (secondary N) is 1. The minimum atomic E-state index is 0.598. The van der Waals surface area contributed by atoms with Crippen LogP contribution >= 0.6 is 0 Å². The van der Waals surface area contributed by atoms with Crippen molar-refractivity contribution < 1.29 is 4.74 Å². The second-order valence-corrected chi connectivity index (χ2v) is 5.01. The van der Waals surface area contributed by atoms with Crippen molar-refractivity contribution in [2.45, 2.75) is 33.0 Å². The fourth-order valence-corrected chi connectivity index (χ4v) is 2.67. The fourth-order valence-electron chi connectivity index (χ4n) is 2.67. The van der Waals surface area contributed by atoms with Crippen LogP contribution in [0.15, 0.2) is 30.3 Å². The van der Waals surface area contributed by atoms with Crippen molar-refractivity contribution in [1.29, 1.82) is 0 Å². The summed E-state index contributed by atoms with van der Waals surface area (Å²) in [5.41, 5.74) is 3.52. The molecule has 1 aliphatic heterocycles. The van der Waals surface area contributed by atoms with Crippen LogP contribution in [0.2, 0.25) is 0 Å².